The quantitative estimate of drug-likeness (QED) is 0.684. The highest BCUT2D eigenvalue weighted by Gasteiger charge is 2.33. The van der Waals surface area contributed by atoms with Gasteiger partial charge in [0.1, 0.15) is 0 Å². The van der Waals surface area contributed by atoms with Crippen molar-refractivity contribution in [3.8, 4) is 0 Å². The minimum absolute atomic E-state index is 0.104. The Labute approximate surface area is 106 Å². The summed E-state index contributed by atoms with van der Waals surface area (Å²) in [5, 5.41) is 9.60. The summed E-state index contributed by atoms with van der Waals surface area (Å²) in [7, 11) is 4.22. The molecule has 3 unspecified atom stereocenters. The van der Waals surface area contributed by atoms with E-state index in [9.17, 15) is 5.11 Å². The molecule has 3 atom stereocenters. The monoisotopic (exact) mass is 243 g/mol. The Kier molecular flexibility index (Phi) is 6.41. The average molecular weight is 243 g/mol. The molecule has 4 nitrogen and oxygen atoms in total. The molecule has 0 aromatic rings. The van der Waals surface area contributed by atoms with E-state index in [4.69, 9.17) is 5.73 Å². The first-order chi connectivity index (χ1) is 8.10. The lowest BCUT2D eigenvalue weighted by atomic mass is 10.0. The minimum Gasteiger partial charge on any atom is -0.395 e. The number of likely N-dealkylation sites (tertiary alicyclic amines) is 1. The number of aliphatic hydroxyl groups is 1. The van der Waals surface area contributed by atoms with E-state index in [-0.39, 0.29) is 18.7 Å². The van der Waals surface area contributed by atoms with E-state index in [1.54, 1.807) is 0 Å². The van der Waals surface area contributed by atoms with Crippen LogP contribution in [-0.2, 0) is 0 Å². The third-order valence-electron chi connectivity index (χ3n) is 3.73. The van der Waals surface area contributed by atoms with Gasteiger partial charge in [-0.25, -0.2) is 0 Å². The van der Waals surface area contributed by atoms with Crippen molar-refractivity contribution in [3.05, 3.63) is 0 Å². The summed E-state index contributed by atoms with van der Waals surface area (Å²) in [6.45, 7) is 4.48. The number of nitrogens with zero attached hydrogens (tertiary/aromatic N) is 2. The maximum Gasteiger partial charge on any atom is 0.0602 e. The van der Waals surface area contributed by atoms with Gasteiger partial charge in [-0.2, -0.15) is 0 Å². The second kappa shape index (κ2) is 7.31. The van der Waals surface area contributed by atoms with E-state index in [1.165, 1.54) is 12.8 Å². The van der Waals surface area contributed by atoms with Gasteiger partial charge in [0.25, 0.3) is 0 Å². The molecular formula is C13H29N3O. The predicted octanol–water partition coefficient (Wildman–Crippen LogP) is 0.501. The first kappa shape index (κ1) is 14.9. The molecule has 0 spiro atoms. The van der Waals surface area contributed by atoms with E-state index in [0.717, 1.165) is 25.9 Å². The van der Waals surface area contributed by atoms with Crippen molar-refractivity contribution < 1.29 is 5.11 Å². The standard InChI is InChI=1S/C13H29N3O/c1-4-6-12(14)13(10-17)16-8-5-7-11(16)9-15(2)3/h11-13,17H,4-10,14H2,1-3H3. The van der Waals surface area contributed by atoms with Crippen molar-refractivity contribution in [2.75, 3.05) is 33.8 Å². The zero-order valence-electron chi connectivity index (χ0n) is 11.6. The van der Waals surface area contributed by atoms with Crippen LogP contribution in [0.3, 0.4) is 0 Å². The van der Waals surface area contributed by atoms with Gasteiger partial charge in [0, 0.05) is 24.7 Å². The molecule has 1 saturated heterocycles. The van der Waals surface area contributed by atoms with E-state index in [0.29, 0.717) is 6.04 Å². The summed E-state index contributed by atoms with van der Waals surface area (Å²) in [5.74, 6) is 0. The molecule has 102 valence electrons. The first-order valence-electron chi connectivity index (χ1n) is 6.87. The zero-order valence-corrected chi connectivity index (χ0v) is 11.6. The van der Waals surface area contributed by atoms with Crippen LogP contribution in [0.5, 0.6) is 0 Å². The number of aliphatic hydroxyl groups excluding tert-OH is 1. The smallest absolute Gasteiger partial charge is 0.0602 e. The number of nitrogens with two attached hydrogens (primary N) is 1. The molecule has 0 bridgehead atoms. The highest BCUT2D eigenvalue weighted by atomic mass is 16.3. The molecule has 1 fully saturated rings. The molecule has 17 heavy (non-hydrogen) atoms. The van der Waals surface area contributed by atoms with Crippen LogP contribution in [0.25, 0.3) is 0 Å². The van der Waals surface area contributed by atoms with Crippen molar-refractivity contribution in [3.63, 3.8) is 0 Å². The second-order valence-electron chi connectivity index (χ2n) is 5.50. The lowest BCUT2D eigenvalue weighted by Crippen LogP contribution is -2.53. The number of hydrogen-bond donors (Lipinski definition) is 2. The molecule has 1 rings (SSSR count). The van der Waals surface area contributed by atoms with Crippen LogP contribution in [-0.4, -0.2) is 66.8 Å². The molecule has 1 aliphatic heterocycles. The summed E-state index contributed by atoms with van der Waals surface area (Å²) in [4.78, 5) is 4.66. The van der Waals surface area contributed by atoms with Crippen LogP contribution in [0.15, 0.2) is 0 Å². The molecule has 1 aliphatic rings. The Hall–Kier alpha value is -0.160. The van der Waals surface area contributed by atoms with Crippen LogP contribution in [0.4, 0.5) is 0 Å². The largest absolute Gasteiger partial charge is 0.395 e. The van der Waals surface area contributed by atoms with Crippen LogP contribution in [0, 0.1) is 0 Å². The minimum atomic E-state index is 0.104. The van der Waals surface area contributed by atoms with Crippen molar-refractivity contribution >= 4 is 0 Å². The Morgan fingerprint density at radius 2 is 2.18 bits per heavy atom. The highest BCUT2D eigenvalue weighted by molar-refractivity contribution is 4.90. The molecule has 0 amide bonds. The van der Waals surface area contributed by atoms with Gasteiger partial charge >= 0.3 is 0 Å². The molecule has 4 heteroatoms. The normalized spacial score (nSPS) is 25.4. The third kappa shape index (κ3) is 4.21. The van der Waals surface area contributed by atoms with Gasteiger partial charge in [-0.15, -0.1) is 0 Å². The van der Waals surface area contributed by atoms with Gasteiger partial charge in [0.2, 0.25) is 0 Å². The fourth-order valence-electron chi connectivity index (χ4n) is 2.92. The topological polar surface area (TPSA) is 52.7 Å². The predicted molar refractivity (Wildman–Crippen MR) is 72.0 cm³/mol. The SMILES string of the molecule is CCCC(N)C(CO)N1CCCC1CN(C)C. The molecule has 0 aromatic heterocycles. The first-order valence-corrected chi connectivity index (χ1v) is 6.87. The maximum absolute atomic E-state index is 9.60. The van der Waals surface area contributed by atoms with E-state index < -0.39 is 0 Å². The van der Waals surface area contributed by atoms with Crippen LogP contribution in [0.2, 0.25) is 0 Å². The van der Waals surface area contributed by atoms with Crippen LogP contribution < -0.4 is 5.73 Å². The summed E-state index contributed by atoms with van der Waals surface area (Å²) in [6, 6.07) is 0.806. The van der Waals surface area contributed by atoms with Gasteiger partial charge in [0.15, 0.2) is 0 Å². The third-order valence-corrected chi connectivity index (χ3v) is 3.73. The summed E-state index contributed by atoms with van der Waals surface area (Å²) < 4.78 is 0. The second-order valence-corrected chi connectivity index (χ2v) is 5.50. The number of likely N-dealkylation sites (N-methyl/N-ethyl adjacent to an activating group) is 1. The summed E-state index contributed by atoms with van der Waals surface area (Å²) in [6.07, 6.45) is 4.54. The van der Waals surface area contributed by atoms with Crippen molar-refractivity contribution in [1.29, 1.82) is 0 Å². The average Bonchev–Trinajstić information content (AvgIpc) is 2.67. The van der Waals surface area contributed by atoms with Gasteiger partial charge < -0.3 is 15.7 Å². The summed E-state index contributed by atoms with van der Waals surface area (Å²) >= 11 is 0. The zero-order chi connectivity index (χ0) is 12.8. The Morgan fingerprint density at radius 1 is 1.47 bits per heavy atom. The van der Waals surface area contributed by atoms with Gasteiger partial charge in [-0.1, -0.05) is 13.3 Å². The lowest BCUT2D eigenvalue weighted by molar-refractivity contribution is 0.0806. The van der Waals surface area contributed by atoms with Crippen molar-refractivity contribution in [1.82, 2.24) is 9.80 Å². The maximum atomic E-state index is 9.60. The van der Waals surface area contributed by atoms with E-state index in [1.807, 2.05) is 0 Å². The molecule has 0 saturated carbocycles. The molecular weight excluding hydrogens is 214 g/mol. The Morgan fingerprint density at radius 3 is 2.71 bits per heavy atom. The van der Waals surface area contributed by atoms with Gasteiger partial charge in [-0.05, 0) is 39.9 Å². The van der Waals surface area contributed by atoms with Gasteiger partial charge in [0.05, 0.1) is 6.61 Å². The molecule has 0 radical (unpaired) electrons. The molecule has 0 aliphatic carbocycles. The van der Waals surface area contributed by atoms with E-state index >= 15 is 0 Å². The molecule has 1 heterocycles. The van der Waals surface area contributed by atoms with Crippen LogP contribution in [0.1, 0.15) is 32.6 Å². The molecule has 3 N–H and O–H groups in total. The fraction of sp³-hybridized carbons (Fsp3) is 1.00. The molecule has 0 aromatic carbocycles. The van der Waals surface area contributed by atoms with Crippen LogP contribution >= 0.6 is 0 Å². The highest BCUT2D eigenvalue weighted by Crippen LogP contribution is 2.22. The van der Waals surface area contributed by atoms with E-state index in [2.05, 4.69) is 30.8 Å². The fourth-order valence-corrected chi connectivity index (χ4v) is 2.92. The van der Waals surface area contributed by atoms with Gasteiger partial charge in [-0.3, -0.25) is 4.90 Å². The lowest BCUT2D eigenvalue weighted by Gasteiger charge is -2.36. The number of rotatable bonds is 7. The number of hydrogen-bond acceptors (Lipinski definition) is 4. The van der Waals surface area contributed by atoms with Crippen molar-refractivity contribution in [2.45, 2.75) is 50.7 Å². The Bertz CT molecular complexity index is 211. The Balaban J connectivity index is 2.59. The summed E-state index contributed by atoms with van der Waals surface area (Å²) in [5.41, 5.74) is 6.20. The van der Waals surface area contributed by atoms with Crippen molar-refractivity contribution in [2.24, 2.45) is 5.73 Å².